The highest BCUT2D eigenvalue weighted by Gasteiger charge is 2.41. The maximum Gasteiger partial charge on any atom is 0.271 e. The number of aliphatic hydroxyl groups excluding tert-OH is 1. The summed E-state index contributed by atoms with van der Waals surface area (Å²) in [4.78, 5) is 28.7. The summed E-state index contributed by atoms with van der Waals surface area (Å²) < 4.78 is 19.6. The molecule has 4 aromatic rings. The van der Waals surface area contributed by atoms with Crippen LogP contribution in [0, 0.1) is 5.82 Å². The Bertz CT molecular complexity index is 1660. The maximum absolute atomic E-state index is 14.0. The molecule has 0 radical (unpaired) electrons. The van der Waals surface area contributed by atoms with Gasteiger partial charge in [-0.2, -0.15) is 0 Å². The highest BCUT2D eigenvalue weighted by atomic mass is 35.5. The number of aliphatic hydroxyl groups is 1. The zero-order chi connectivity index (χ0) is 32.0. The molecule has 0 atom stereocenters. The summed E-state index contributed by atoms with van der Waals surface area (Å²) in [5.74, 6) is -1.17. The smallest absolute Gasteiger partial charge is 0.271 e. The molecule has 0 unspecified atom stereocenters. The van der Waals surface area contributed by atoms with Gasteiger partial charge in [-0.15, -0.1) is 11.3 Å². The van der Waals surface area contributed by atoms with Crippen LogP contribution in [0.5, 0.6) is 5.75 Å². The normalized spacial score (nSPS) is 14.2. The SMILES string of the molecule is O=C(NC(=O)C1(NCc2ccc(F)cc2)CCNCC1)c1sc(-c2ccc(Cl)cc2Cl)c(-c2ccc(Cl)cc2)c1OCCCO. The largest absolute Gasteiger partial charge is 0.491 e. The Labute approximate surface area is 279 Å². The van der Waals surface area contributed by atoms with Crippen LogP contribution in [-0.4, -0.2) is 48.8 Å². The molecular formula is C33H31Cl3FN3O4S. The Morgan fingerprint density at radius 2 is 1.67 bits per heavy atom. The predicted molar refractivity (Wildman–Crippen MR) is 178 cm³/mol. The van der Waals surface area contributed by atoms with E-state index in [0.29, 0.717) is 70.0 Å². The molecule has 4 N–H and O–H groups in total. The minimum absolute atomic E-state index is 0.105. The van der Waals surface area contributed by atoms with Crippen LogP contribution in [0.1, 0.15) is 34.5 Å². The topological polar surface area (TPSA) is 99.7 Å². The van der Waals surface area contributed by atoms with E-state index in [0.717, 1.165) is 22.5 Å². The fourth-order valence-electron chi connectivity index (χ4n) is 5.17. The predicted octanol–water partition coefficient (Wildman–Crippen LogP) is 7.11. The van der Waals surface area contributed by atoms with Crippen molar-refractivity contribution in [2.45, 2.75) is 31.3 Å². The number of nitrogens with one attached hydrogen (secondary N) is 3. The molecule has 1 fully saturated rings. The van der Waals surface area contributed by atoms with Crippen molar-refractivity contribution in [1.82, 2.24) is 16.0 Å². The third-order valence-corrected chi connectivity index (χ3v) is 9.59. The summed E-state index contributed by atoms with van der Waals surface area (Å²) in [5, 5.41) is 20.1. The second-order valence-electron chi connectivity index (χ2n) is 10.6. The van der Waals surface area contributed by atoms with Gasteiger partial charge in [0.1, 0.15) is 16.2 Å². The van der Waals surface area contributed by atoms with Crippen molar-refractivity contribution in [3.63, 3.8) is 0 Å². The third kappa shape index (κ3) is 7.86. The Morgan fingerprint density at radius 3 is 2.33 bits per heavy atom. The van der Waals surface area contributed by atoms with Gasteiger partial charge in [0.15, 0.2) is 5.75 Å². The Hall–Kier alpha value is -3.02. The van der Waals surface area contributed by atoms with Gasteiger partial charge in [-0.1, -0.05) is 65.1 Å². The number of ether oxygens (including phenoxy) is 1. The third-order valence-electron chi connectivity index (χ3n) is 7.59. The van der Waals surface area contributed by atoms with Gasteiger partial charge >= 0.3 is 0 Å². The van der Waals surface area contributed by atoms with Gasteiger partial charge in [0, 0.05) is 45.6 Å². The lowest BCUT2D eigenvalue weighted by Crippen LogP contribution is -2.61. The summed E-state index contributed by atoms with van der Waals surface area (Å²) in [6.07, 6.45) is 1.22. The van der Waals surface area contributed by atoms with E-state index in [4.69, 9.17) is 39.5 Å². The first kappa shape index (κ1) is 33.3. The molecule has 2 amide bonds. The highest BCUT2D eigenvalue weighted by molar-refractivity contribution is 7.18. The van der Waals surface area contributed by atoms with Crippen molar-refractivity contribution in [3.05, 3.63) is 98.1 Å². The van der Waals surface area contributed by atoms with E-state index < -0.39 is 17.4 Å². The fourth-order valence-corrected chi connectivity index (χ4v) is 7.06. The minimum atomic E-state index is -1.04. The van der Waals surface area contributed by atoms with E-state index in [1.54, 1.807) is 42.5 Å². The van der Waals surface area contributed by atoms with Crippen LogP contribution in [0.4, 0.5) is 4.39 Å². The zero-order valence-electron chi connectivity index (χ0n) is 24.1. The van der Waals surface area contributed by atoms with Gasteiger partial charge in [-0.3, -0.25) is 20.2 Å². The second-order valence-corrected chi connectivity index (χ2v) is 12.9. The molecule has 1 aliphatic rings. The summed E-state index contributed by atoms with van der Waals surface area (Å²) >= 11 is 20.2. The molecule has 0 bridgehead atoms. The molecule has 1 aromatic heterocycles. The van der Waals surface area contributed by atoms with Crippen LogP contribution in [0.15, 0.2) is 66.7 Å². The molecule has 0 spiro atoms. The number of hydrogen-bond acceptors (Lipinski definition) is 7. The lowest BCUT2D eigenvalue weighted by atomic mass is 9.86. The molecule has 1 saturated heterocycles. The number of halogens is 4. The van der Waals surface area contributed by atoms with E-state index in [9.17, 15) is 19.1 Å². The standard InChI is InChI=1S/C33H31Cl3FN3O4S/c34-22-6-4-21(5-7-22)27-28(44-17-1-16-41)30(45-29(27)25-11-8-23(35)18-26(25)36)31(42)40-32(43)33(12-14-38-15-13-33)39-19-20-2-9-24(37)10-3-20/h2-11,18,38-39,41H,1,12-17,19H2,(H,40,42,43). The molecule has 7 nitrogen and oxygen atoms in total. The summed E-state index contributed by atoms with van der Waals surface area (Å²) in [7, 11) is 0. The van der Waals surface area contributed by atoms with Crippen molar-refractivity contribution in [1.29, 1.82) is 0 Å². The maximum atomic E-state index is 14.0. The number of carbonyl (C=O) groups is 2. The van der Waals surface area contributed by atoms with E-state index in [1.807, 2.05) is 12.1 Å². The number of imide groups is 1. The van der Waals surface area contributed by atoms with Crippen LogP contribution < -0.4 is 20.7 Å². The second kappa shape index (κ2) is 15.0. The average Bonchev–Trinajstić information content (AvgIpc) is 3.41. The van der Waals surface area contributed by atoms with Gasteiger partial charge in [-0.05, 0) is 73.5 Å². The summed E-state index contributed by atoms with van der Waals surface area (Å²) in [5.41, 5.74) is 1.72. The molecule has 2 heterocycles. The average molecular weight is 691 g/mol. The molecular weight excluding hydrogens is 660 g/mol. The molecule has 0 saturated carbocycles. The number of piperidine rings is 1. The van der Waals surface area contributed by atoms with Crippen LogP contribution in [0.2, 0.25) is 15.1 Å². The van der Waals surface area contributed by atoms with Crippen molar-refractivity contribution in [2.75, 3.05) is 26.3 Å². The summed E-state index contributed by atoms with van der Waals surface area (Å²) in [6, 6.07) is 18.2. The molecule has 45 heavy (non-hydrogen) atoms. The highest BCUT2D eigenvalue weighted by Crippen LogP contribution is 2.50. The Morgan fingerprint density at radius 1 is 0.978 bits per heavy atom. The molecule has 1 aliphatic heterocycles. The Balaban J connectivity index is 1.53. The zero-order valence-corrected chi connectivity index (χ0v) is 27.2. The number of amides is 2. The fraction of sp³-hybridized carbons (Fsp3) is 0.273. The van der Waals surface area contributed by atoms with Crippen molar-refractivity contribution >= 4 is 58.0 Å². The monoisotopic (exact) mass is 689 g/mol. The first-order valence-corrected chi connectivity index (χ1v) is 16.3. The van der Waals surface area contributed by atoms with Gasteiger partial charge < -0.3 is 15.2 Å². The van der Waals surface area contributed by atoms with Crippen LogP contribution in [0.3, 0.4) is 0 Å². The van der Waals surface area contributed by atoms with Crippen molar-refractivity contribution < 1.29 is 23.8 Å². The van der Waals surface area contributed by atoms with E-state index in [-0.39, 0.29) is 29.7 Å². The first-order valence-electron chi connectivity index (χ1n) is 14.4. The van der Waals surface area contributed by atoms with Crippen molar-refractivity contribution in [2.24, 2.45) is 0 Å². The molecule has 3 aromatic carbocycles. The van der Waals surface area contributed by atoms with Crippen LogP contribution in [-0.2, 0) is 11.3 Å². The number of rotatable bonds is 11. The van der Waals surface area contributed by atoms with Gasteiger partial charge in [0.05, 0.1) is 11.6 Å². The number of thiophene rings is 1. The van der Waals surface area contributed by atoms with Gasteiger partial charge in [0.2, 0.25) is 5.91 Å². The molecule has 12 heteroatoms. The van der Waals surface area contributed by atoms with Gasteiger partial charge in [-0.25, -0.2) is 4.39 Å². The molecule has 236 valence electrons. The quantitative estimate of drug-likeness (QED) is 0.0990. The number of benzene rings is 3. The number of hydrogen-bond donors (Lipinski definition) is 4. The van der Waals surface area contributed by atoms with Crippen LogP contribution >= 0.6 is 46.1 Å². The minimum Gasteiger partial charge on any atom is -0.491 e. The number of carbonyl (C=O) groups excluding carboxylic acids is 2. The lowest BCUT2D eigenvalue weighted by molar-refractivity contribution is -0.127. The van der Waals surface area contributed by atoms with E-state index >= 15 is 0 Å². The summed E-state index contributed by atoms with van der Waals surface area (Å²) in [6.45, 7) is 1.49. The van der Waals surface area contributed by atoms with Gasteiger partial charge in [0.25, 0.3) is 5.91 Å². The molecule has 5 rings (SSSR count). The van der Waals surface area contributed by atoms with E-state index in [2.05, 4.69) is 16.0 Å². The van der Waals surface area contributed by atoms with E-state index in [1.165, 1.54) is 12.1 Å². The molecule has 0 aliphatic carbocycles. The first-order chi connectivity index (χ1) is 21.7. The van der Waals surface area contributed by atoms with Crippen molar-refractivity contribution in [3.8, 4) is 27.3 Å². The van der Waals surface area contributed by atoms with Crippen LogP contribution in [0.25, 0.3) is 21.6 Å². The lowest BCUT2D eigenvalue weighted by Gasteiger charge is -2.37. The Kier molecular flexibility index (Phi) is 11.1.